The average molecular weight is 372 g/mol. The second-order valence-electron chi connectivity index (χ2n) is 6.70. The van der Waals surface area contributed by atoms with Crippen molar-refractivity contribution in [3.05, 3.63) is 77.1 Å². The molecule has 3 heterocycles. The van der Waals surface area contributed by atoms with Crippen LogP contribution in [0.2, 0.25) is 0 Å². The van der Waals surface area contributed by atoms with E-state index in [9.17, 15) is 9.59 Å². The monoisotopic (exact) mass is 372 g/mol. The van der Waals surface area contributed by atoms with Crippen molar-refractivity contribution >= 4 is 23.7 Å². The number of carbonyl (C=O) groups excluding carboxylic acids is 2. The van der Waals surface area contributed by atoms with Crippen LogP contribution in [0.4, 0.5) is 5.82 Å². The molecule has 0 fully saturated rings. The van der Waals surface area contributed by atoms with Crippen molar-refractivity contribution in [2.24, 2.45) is 0 Å². The Kier molecular flexibility index (Phi) is 4.76. The number of fused-ring (bicyclic) bond motifs is 1. The van der Waals surface area contributed by atoms with Crippen molar-refractivity contribution in [2.45, 2.75) is 13.3 Å². The zero-order chi connectivity index (χ0) is 19.5. The molecule has 3 aromatic rings. The van der Waals surface area contributed by atoms with Gasteiger partial charge in [-0.3, -0.25) is 9.59 Å². The molecule has 28 heavy (non-hydrogen) atoms. The van der Waals surface area contributed by atoms with Gasteiger partial charge in [-0.1, -0.05) is 30.3 Å². The number of rotatable bonds is 4. The van der Waals surface area contributed by atoms with Gasteiger partial charge in [0, 0.05) is 41.7 Å². The highest BCUT2D eigenvalue weighted by atomic mass is 16.2. The van der Waals surface area contributed by atoms with Gasteiger partial charge in [-0.15, -0.1) is 0 Å². The molecule has 140 valence electrons. The summed E-state index contributed by atoms with van der Waals surface area (Å²) in [5.41, 5.74) is 4.85. The van der Waals surface area contributed by atoms with E-state index in [1.54, 1.807) is 19.2 Å². The van der Waals surface area contributed by atoms with E-state index in [-0.39, 0.29) is 11.8 Å². The number of H-pyrrole nitrogens is 1. The highest BCUT2D eigenvalue weighted by Crippen LogP contribution is 2.25. The lowest BCUT2D eigenvalue weighted by atomic mass is 10.1. The number of hydrogen-bond donors (Lipinski definition) is 3. The number of benzene rings is 1. The van der Waals surface area contributed by atoms with E-state index >= 15 is 0 Å². The van der Waals surface area contributed by atoms with Crippen LogP contribution in [-0.2, 0) is 11.2 Å². The molecule has 0 spiro atoms. The van der Waals surface area contributed by atoms with Gasteiger partial charge in [-0.25, -0.2) is 4.98 Å². The highest BCUT2D eigenvalue weighted by molar-refractivity contribution is 6.06. The molecule has 2 aromatic heterocycles. The fraction of sp³-hybridized carbons (Fsp3) is 0.136. The molecule has 6 heteroatoms. The van der Waals surface area contributed by atoms with Gasteiger partial charge in [0.05, 0.1) is 5.56 Å². The first-order valence-electron chi connectivity index (χ1n) is 9.11. The Morgan fingerprint density at radius 3 is 2.79 bits per heavy atom. The first kappa shape index (κ1) is 17.7. The third kappa shape index (κ3) is 3.71. The lowest BCUT2D eigenvalue weighted by molar-refractivity contribution is -0.112. The number of pyridine rings is 1. The smallest absolute Gasteiger partial charge is 0.253 e. The zero-order valence-electron chi connectivity index (χ0n) is 15.5. The number of carbonyl (C=O) groups is 2. The van der Waals surface area contributed by atoms with E-state index in [2.05, 4.69) is 20.6 Å². The lowest BCUT2D eigenvalue weighted by Crippen LogP contribution is -2.31. The standard InChI is InChI=1S/C22H20N4O2/c1-14(11-15-5-3-2-4-6-15)21(27)26-20-12-16(7-9-23-20)19-13-17-18(25-19)8-10-24-22(17)28/h2-7,9,11-13,25H,8,10H2,1H3,(H,24,28)(H,23,26,27). The van der Waals surface area contributed by atoms with Crippen LogP contribution in [0.25, 0.3) is 17.3 Å². The summed E-state index contributed by atoms with van der Waals surface area (Å²) in [6.45, 7) is 2.40. The Hall–Kier alpha value is -3.67. The summed E-state index contributed by atoms with van der Waals surface area (Å²) in [5, 5.41) is 5.67. The quantitative estimate of drug-likeness (QED) is 0.614. The van der Waals surface area contributed by atoms with Crippen molar-refractivity contribution < 1.29 is 9.59 Å². The molecule has 0 saturated heterocycles. The maximum atomic E-state index is 12.5. The molecular formula is C22H20N4O2. The number of aromatic amines is 1. The molecule has 0 bridgehead atoms. The summed E-state index contributed by atoms with van der Waals surface area (Å²) in [6.07, 6.45) is 4.25. The van der Waals surface area contributed by atoms with E-state index < -0.39 is 0 Å². The topological polar surface area (TPSA) is 86.9 Å². The van der Waals surface area contributed by atoms with Gasteiger partial charge in [0.1, 0.15) is 5.82 Å². The van der Waals surface area contributed by atoms with Crippen molar-refractivity contribution in [2.75, 3.05) is 11.9 Å². The average Bonchev–Trinajstić information content (AvgIpc) is 3.15. The van der Waals surface area contributed by atoms with Crippen LogP contribution in [0.3, 0.4) is 0 Å². The molecule has 1 aliphatic rings. The molecule has 0 radical (unpaired) electrons. The molecule has 0 aliphatic carbocycles. The maximum absolute atomic E-state index is 12.5. The molecule has 0 unspecified atom stereocenters. The molecule has 1 aromatic carbocycles. The third-order valence-corrected chi connectivity index (χ3v) is 4.66. The fourth-order valence-electron chi connectivity index (χ4n) is 3.20. The first-order valence-corrected chi connectivity index (χ1v) is 9.11. The minimum absolute atomic E-state index is 0.0620. The van der Waals surface area contributed by atoms with E-state index in [1.165, 1.54) is 0 Å². The maximum Gasteiger partial charge on any atom is 0.253 e. The van der Waals surface area contributed by atoms with Gasteiger partial charge in [0.25, 0.3) is 11.8 Å². The molecule has 0 atom stereocenters. The second-order valence-corrected chi connectivity index (χ2v) is 6.70. The summed E-state index contributed by atoms with van der Waals surface area (Å²) in [6, 6.07) is 15.2. The number of nitrogens with zero attached hydrogens (tertiary/aromatic N) is 1. The van der Waals surface area contributed by atoms with Crippen molar-refractivity contribution in [1.29, 1.82) is 0 Å². The van der Waals surface area contributed by atoms with Crippen LogP contribution in [0.1, 0.15) is 28.5 Å². The van der Waals surface area contributed by atoms with Crippen molar-refractivity contribution in [3.63, 3.8) is 0 Å². The van der Waals surface area contributed by atoms with E-state index in [0.717, 1.165) is 28.9 Å². The van der Waals surface area contributed by atoms with Gasteiger partial charge in [-0.05, 0) is 36.8 Å². The van der Waals surface area contributed by atoms with E-state index in [4.69, 9.17) is 0 Å². The number of anilines is 1. The Bertz CT molecular complexity index is 1070. The largest absolute Gasteiger partial charge is 0.358 e. The molecular weight excluding hydrogens is 352 g/mol. The van der Waals surface area contributed by atoms with Crippen LogP contribution in [0.15, 0.2) is 60.3 Å². The van der Waals surface area contributed by atoms with Crippen molar-refractivity contribution in [1.82, 2.24) is 15.3 Å². The molecule has 2 amide bonds. The van der Waals surface area contributed by atoms with Gasteiger partial charge < -0.3 is 15.6 Å². The number of nitrogens with one attached hydrogen (secondary N) is 3. The Morgan fingerprint density at radius 2 is 2.00 bits per heavy atom. The van der Waals surface area contributed by atoms with Crippen LogP contribution in [-0.4, -0.2) is 28.3 Å². The Morgan fingerprint density at radius 1 is 1.18 bits per heavy atom. The van der Waals surface area contributed by atoms with Gasteiger partial charge in [0.2, 0.25) is 0 Å². The van der Waals surface area contributed by atoms with Crippen molar-refractivity contribution in [3.8, 4) is 11.3 Å². The predicted molar refractivity (Wildman–Crippen MR) is 109 cm³/mol. The van der Waals surface area contributed by atoms with E-state index in [0.29, 0.717) is 23.5 Å². The number of hydrogen-bond acceptors (Lipinski definition) is 3. The summed E-state index contributed by atoms with van der Waals surface area (Å²) in [5.74, 6) is 0.187. The highest BCUT2D eigenvalue weighted by Gasteiger charge is 2.20. The third-order valence-electron chi connectivity index (χ3n) is 4.66. The van der Waals surface area contributed by atoms with Gasteiger partial charge >= 0.3 is 0 Å². The summed E-state index contributed by atoms with van der Waals surface area (Å²) >= 11 is 0. The summed E-state index contributed by atoms with van der Waals surface area (Å²) < 4.78 is 0. The van der Waals surface area contributed by atoms with Crippen LogP contribution >= 0.6 is 0 Å². The van der Waals surface area contributed by atoms with E-state index in [1.807, 2.05) is 48.5 Å². The molecule has 4 rings (SSSR count). The molecule has 0 saturated carbocycles. The molecule has 1 aliphatic heterocycles. The number of aromatic nitrogens is 2. The lowest BCUT2D eigenvalue weighted by Gasteiger charge is -2.11. The predicted octanol–water partition coefficient (Wildman–Crippen LogP) is 3.40. The van der Waals surface area contributed by atoms with Gasteiger partial charge in [-0.2, -0.15) is 0 Å². The SMILES string of the molecule is CC(=Cc1ccccc1)C(=O)Nc1cc(-c2cc3c([nH]2)CCNC3=O)ccn1. The van der Waals surface area contributed by atoms with Gasteiger partial charge in [0.15, 0.2) is 0 Å². The molecule has 3 N–H and O–H groups in total. The molecule has 6 nitrogen and oxygen atoms in total. The van der Waals surface area contributed by atoms with Crippen LogP contribution in [0, 0.1) is 0 Å². The second kappa shape index (κ2) is 7.52. The number of amides is 2. The minimum atomic E-state index is -0.210. The summed E-state index contributed by atoms with van der Waals surface area (Å²) in [4.78, 5) is 32.0. The minimum Gasteiger partial charge on any atom is -0.358 e. The zero-order valence-corrected chi connectivity index (χ0v) is 15.5. The Balaban J connectivity index is 1.54. The van der Waals surface area contributed by atoms with Crippen LogP contribution in [0.5, 0.6) is 0 Å². The van der Waals surface area contributed by atoms with Crippen LogP contribution < -0.4 is 10.6 Å². The first-order chi connectivity index (χ1) is 13.6. The normalized spacial score (nSPS) is 13.6. The summed E-state index contributed by atoms with van der Waals surface area (Å²) in [7, 11) is 0. The fourth-order valence-corrected chi connectivity index (χ4v) is 3.20. The Labute approximate surface area is 162 Å².